The highest BCUT2D eigenvalue weighted by atomic mass is 35.5. The lowest BCUT2D eigenvalue weighted by Gasteiger charge is -2.06. The van der Waals surface area contributed by atoms with Gasteiger partial charge in [-0.25, -0.2) is 0 Å². The first-order chi connectivity index (χ1) is 9.56. The van der Waals surface area contributed by atoms with E-state index in [-0.39, 0.29) is 12.3 Å². The first-order valence-electron chi connectivity index (χ1n) is 6.18. The molecular formula is C13H15ClN4O2. The van der Waals surface area contributed by atoms with Gasteiger partial charge in [-0.2, -0.15) is 0 Å². The van der Waals surface area contributed by atoms with Crippen molar-refractivity contribution in [1.82, 2.24) is 15.0 Å². The second-order valence-corrected chi connectivity index (χ2v) is 4.77. The van der Waals surface area contributed by atoms with E-state index in [0.29, 0.717) is 22.9 Å². The van der Waals surface area contributed by atoms with Crippen LogP contribution in [0.4, 0.5) is 5.69 Å². The Hall–Kier alpha value is -1.92. The van der Waals surface area contributed by atoms with E-state index >= 15 is 0 Å². The van der Waals surface area contributed by atoms with Crippen LogP contribution in [0.15, 0.2) is 30.5 Å². The molecule has 0 aliphatic heterocycles. The molecule has 1 aromatic heterocycles. The monoisotopic (exact) mass is 294 g/mol. The minimum absolute atomic E-state index is 0.160. The van der Waals surface area contributed by atoms with Crippen molar-refractivity contribution in [2.24, 2.45) is 0 Å². The predicted octanol–water partition coefficient (Wildman–Crippen LogP) is 2.01. The minimum Gasteiger partial charge on any atom is -0.387 e. The Labute approximate surface area is 121 Å². The highest BCUT2D eigenvalue weighted by molar-refractivity contribution is 6.33. The van der Waals surface area contributed by atoms with Gasteiger partial charge in [0.1, 0.15) is 5.69 Å². The fourth-order valence-corrected chi connectivity index (χ4v) is 1.79. The molecule has 1 heterocycles. The van der Waals surface area contributed by atoms with Crippen molar-refractivity contribution in [2.45, 2.75) is 26.0 Å². The lowest BCUT2D eigenvalue weighted by Crippen LogP contribution is -2.15. The molecule has 2 aromatic rings. The number of carbonyl (C=O) groups is 1. The van der Waals surface area contributed by atoms with Gasteiger partial charge in [0.2, 0.25) is 5.91 Å². The summed E-state index contributed by atoms with van der Waals surface area (Å²) < 4.78 is 1.52. The minimum atomic E-state index is -0.666. The smallest absolute Gasteiger partial charge is 0.226 e. The number of carbonyl (C=O) groups excluding carboxylic acids is 1. The Bertz CT molecular complexity index is 598. The molecule has 0 saturated carbocycles. The van der Waals surface area contributed by atoms with Crippen molar-refractivity contribution in [1.29, 1.82) is 0 Å². The van der Waals surface area contributed by atoms with E-state index in [1.807, 2.05) is 0 Å². The number of aliphatic hydroxyl groups is 1. The van der Waals surface area contributed by atoms with Gasteiger partial charge < -0.3 is 10.4 Å². The van der Waals surface area contributed by atoms with Crippen LogP contribution < -0.4 is 5.32 Å². The van der Waals surface area contributed by atoms with Crippen LogP contribution in [0.25, 0.3) is 0 Å². The normalized spacial score (nSPS) is 12.2. The Morgan fingerprint density at radius 2 is 2.25 bits per heavy atom. The van der Waals surface area contributed by atoms with Crippen LogP contribution in [0.2, 0.25) is 5.02 Å². The molecule has 1 unspecified atom stereocenters. The molecule has 2 rings (SSSR count). The third kappa shape index (κ3) is 3.79. The summed E-state index contributed by atoms with van der Waals surface area (Å²) in [4.78, 5) is 11.8. The first kappa shape index (κ1) is 14.5. The summed E-state index contributed by atoms with van der Waals surface area (Å²) in [5, 5.41) is 20.2. The van der Waals surface area contributed by atoms with Crippen LogP contribution in [0.5, 0.6) is 0 Å². The van der Waals surface area contributed by atoms with Gasteiger partial charge in [-0.1, -0.05) is 28.9 Å². The third-order valence-electron chi connectivity index (χ3n) is 2.70. The number of aromatic nitrogens is 3. The molecule has 0 spiro atoms. The van der Waals surface area contributed by atoms with Gasteiger partial charge >= 0.3 is 0 Å². The molecule has 1 amide bonds. The highest BCUT2D eigenvalue weighted by Gasteiger charge is 2.09. The average molecular weight is 295 g/mol. The molecule has 7 heteroatoms. The second kappa shape index (κ2) is 6.49. The topological polar surface area (TPSA) is 80.0 Å². The summed E-state index contributed by atoms with van der Waals surface area (Å²) in [5.41, 5.74) is 1.07. The van der Waals surface area contributed by atoms with Crippen LogP contribution in [-0.2, 0) is 11.3 Å². The summed E-state index contributed by atoms with van der Waals surface area (Å²) in [7, 11) is 0. The zero-order chi connectivity index (χ0) is 14.5. The maximum absolute atomic E-state index is 11.8. The number of aliphatic hydroxyl groups excluding tert-OH is 1. The number of anilines is 1. The lowest BCUT2D eigenvalue weighted by atomic mass is 10.3. The number of aryl methyl sites for hydroxylation is 1. The van der Waals surface area contributed by atoms with Gasteiger partial charge in [-0.15, -0.1) is 5.10 Å². The molecule has 0 fully saturated rings. The van der Waals surface area contributed by atoms with Gasteiger partial charge in [-0.3, -0.25) is 9.48 Å². The van der Waals surface area contributed by atoms with Crippen LogP contribution in [0, 0.1) is 0 Å². The lowest BCUT2D eigenvalue weighted by molar-refractivity contribution is -0.116. The summed E-state index contributed by atoms with van der Waals surface area (Å²) in [6, 6.07) is 7.05. The highest BCUT2D eigenvalue weighted by Crippen LogP contribution is 2.20. The van der Waals surface area contributed by atoms with Crippen molar-refractivity contribution < 1.29 is 9.90 Å². The van der Waals surface area contributed by atoms with Gasteiger partial charge in [0.15, 0.2) is 0 Å². The van der Waals surface area contributed by atoms with Crippen molar-refractivity contribution in [3.05, 3.63) is 41.2 Å². The quantitative estimate of drug-likeness (QED) is 0.884. The molecule has 0 bridgehead atoms. The number of nitrogens with one attached hydrogen (secondary N) is 1. The number of hydrogen-bond acceptors (Lipinski definition) is 4. The molecule has 20 heavy (non-hydrogen) atoms. The van der Waals surface area contributed by atoms with E-state index in [9.17, 15) is 9.90 Å². The van der Waals surface area contributed by atoms with Crippen molar-refractivity contribution >= 4 is 23.2 Å². The van der Waals surface area contributed by atoms with Crippen molar-refractivity contribution in [2.75, 3.05) is 5.32 Å². The summed E-state index contributed by atoms with van der Waals surface area (Å²) in [6.45, 7) is 1.99. The molecule has 6 nitrogen and oxygen atoms in total. The van der Waals surface area contributed by atoms with Crippen molar-refractivity contribution in [3.8, 4) is 0 Å². The number of benzene rings is 1. The molecule has 0 radical (unpaired) electrons. The van der Waals surface area contributed by atoms with Crippen LogP contribution >= 0.6 is 11.6 Å². The molecule has 0 aliphatic rings. The molecule has 1 aromatic carbocycles. The van der Waals surface area contributed by atoms with Gasteiger partial charge in [0.05, 0.1) is 29.6 Å². The zero-order valence-electron chi connectivity index (χ0n) is 11.0. The molecule has 0 saturated heterocycles. The maximum Gasteiger partial charge on any atom is 0.226 e. The Morgan fingerprint density at radius 1 is 1.50 bits per heavy atom. The number of hydrogen-bond donors (Lipinski definition) is 2. The predicted molar refractivity (Wildman–Crippen MR) is 75.4 cm³/mol. The summed E-state index contributed by atoms with van der Waals surface area (Å²) in [6.07, 6.45) is 1.20. The van der Waals surface area contributed by atoms with E-state index in [1.54, 1.807) is 37.4 Å². The SMILES string of the molecule is CC(O)c1cn(CCC(=O)Nc2ccccc2Cl)nn1. The number of rotatable bonds is 5. The number of nitrogens with zero attached hydrogens (tertiary/aromatic N) is 3. The Morgan fingerprint density at radius 3 is 2.90 bits per heavy atom. The van der Waals surface area contributed by atoms with Crippen LogP contribution in [0.1, 0.15) is 25.1 Å². The van der Waals surface area contributed by atoms with Crippen molar-refractivity contribution in [3.63, 3.8) is 0 Å². The van der Waals surface area contributed by atoms with E-state index < -0.39 is 6.10 Å². The molecular weight excluding hydrogens is 280 g/mol. The summed E-state index contributed by atoms with van der Waals surface area (Å²) in [5.74, 6) is -0.160. The van der Waals surface area contributed by atoms with Crippen LogP contribution in [-0.4, -0.2) is 26.0 Å². The fourth-order valence-electron chi connectivity index (χ4n) is 1.61. The third-order valence-corrected chi connectivity index (χ3v) is 3.03. The number of halogens is 1. The van der Waals surface area contributed by atoms with Gasteiger partial charge in [-0.05, 0) is 19.1 Å². The zero-order valence-corrected chi connectivity index (χ0v) is 11.7. The van der Waals surface area contributed by atoms with Gasteiger partial charge in [0, 0.05) is 6.42 Å². The van der Waals surface area contributed by atoms with E-state index in [4.69, 9.17) is 11.6 Å². The number of para-hydroxylation sites is 1. The average Bonchev–Trinajstić information content (AvgIpc) is 2.88. The molecule has 0 aliphatic carbocycles. The first-order valence-corrected chi connectivity index (χ1v) is 6.56. The molecule has 2 N–H and O–H groups in total. The fraction of sp³-hybridized carbons (Fsp3) is 0.308. The van der Waals surface area contributed by atoms with Crippen LogP contribution in [0.3, 0.4) is 0 Å². The van der Waals surface area contributed by atoms with Gasteiger partial charge in [0.25, 0.3) is 0 Å². The molecule has 1 atom stereocenters. The van der Waals surface area contributed by atoms with E-state index in [2.05, 4.69) is 15.6 Å². The van der Waals surface area contributed by atoms with E-state index in [1.165, 1.54) is 4.68 Å². The second-order valence-electron chi connectivity index (χ2n) is 4.36. The summed E-state index contributed by atoms with van der Waals surface area (Å²) >= 11 is 5.95. The maximum atomic E-state index is 11.8. The largest absolute Gasteiger partial charge is 0.387 e. The molecule has 106 valence electrons. The Balaban J connectivity index is 1.87. The Kier molecular flexibility index (Phi) is 4.70. The van der Waals surface area contributed by atoms with E-state index in [0.717, 1.165) is 0 Å². The standard InChI is InChI=1S/C13H15ClN4O2/c1-9(19)12-8-18(17-16-12)7-6-13(20)15-11-5-3-2-4-10(11)14/h2-5,8-9,19H,6-7H2,1H3,(H,15,20). The number of amides is 1.